The van der Waals surface area contributed by atoms with Crippen molar-refractivity contribution in [3.8, 4) is 0 Å². The van der Waals surface area contributed by atoms with E-state index in [1.165, 1.54) is 6.26 Å². The van der Waals surface area contributed by atoms with Gasteiger partial charge in [0.1, 0.15) is 5.54 Å². The highest BCUT2D eigenvalue weighted by Crippen LogP contribution is 2.36. The molecule has 1 saturated heterocycles. The van der Waals surface area contributed by atoms with Crippen LogP contribution in [0.3, 0.4) is 0 Å². The number of quaternary nitrogens is 1. The molecule has 0 unspecified atom stereocenters. The first kappa shape index (κ1) is 19.2. The minimum Gasteiger partial charge on any atom is -0.459 e. The topological polar surface area (TPSA) is 87.3 Å². The molecule has 3 heterocycles. The number of benzene rings is 1. The second kappa shape index (κ2) is 7.36. The summed E-state index contributed by atoms with van der Waals surface area (Å²) in [5, 5.41) is 2.88. The van der Waals surface area contributed by atoms with Gasteiger partial charge in [-0.25, -0.2) is 0 Å². The Hall–Kier alpha value is -3.13. The zero-order valence-corrected chi connectivity index (χ0v) is 16.6. The fraction of sp³-hybridized carbons (Fsp3) is 0.381. The van der Waals surface area contributed by atoms with Crippen LogP contribution >= 0.6 is 0 Å². The average molecular weight is 397 g/mol. The number of para-hydroxylation sites is 2. The smallest absolute Gasteiger partial charge is 0.289 e. The molecule has 152 valence electrons. The van der Waals surface area contributed by atoms with E-state index in [2.05, 4.69) is 5.32 Å². The first-order chi connectivity index (χ1) is 13.9. The second-order valence-electron chi connectivity index (χ2n) is 7.96. The van der Waals surface area contributed by atoms with Gasteiger partial charge in [-0.15, -0.1) is 0 Å². The van der Waals surface area contributed by atoms with Crippen LogP contribution in [0, 0.1) is 0 Å². The van der Waals surface area contributed by atoms with Crippen LogP contribution in [0.2, 0.25) is 0 Å². The van der Waals surface area contributed by atoms with Gasteiger partial charge in [0, 0.05) is 0 Å². The van der Waals surface area contributed by atoms with Crippen molar-refractivity contribution in [2.75, 3.05) is 42.9 Å². The molecule has 1 aromatic carbocycles. The lowest BCUT2D eigenvalue weighted by molar-refractivity contribution is -0.895. The Morgan fingerprint density at radius 3 is 2.55 bits per heavy atom. The van der Waals surface area contributed by atoms with Crippen molar-refractivity contribution in [1.82, 2.24) is 4.90 Å². The summed E-state index contributed by atoms with van der Waals surface area (Å²) in [5.41, 5.74) is 0.393. The van der Waals surface area contributed by atoms with E-state index in [0.717, 1.165) is 4.90 Å². The Morgan fingerprint density at radius 1 is 1.14 bits per heavy atom. The highest BCUT2D eigenvalue weighted by atomic mass is 16.3. The summed E-state index contributed by atoms with van der Waals surface area (Å²) in [4.78, 5) is 42.6. The van der Waals surface area contributed by atoms with Gasteiger partial charge in [-0.1, -0.05) is 12.1 Å². The Labute approximate surface area is 169 Å². The molecule has 8 nitrogen and oxygen atoms in total. The first-order valence-electron chi connectivity index (χ1n) is 9.78. The van der Waals surface area contributed by atoms with E-state index in [4.69, 9.17) is 4.42 Å². The molecule has 0 aliphatic carbocycles. The normalized spacial score (nSPS) is 18.9. The number of hydrogen-bond donors (Lipinski definition) is 2. The molecule has 8 heteroatoms. The van der Waals surface area contributed by atoms with Gasteiger partial charge in [-0.3, -0.25) is 19.3 Å². The molecule has 3 amide bonds. The third-order valence-electron chi connectivity index (χ3n) is 5.65. The van der Waals surface area contributed by atoms with Crippen molar-refractivity contribution >= 4 is 29.1 Å². The molecule has 2 N–H and O–H groups in total. The summed E-state index contributed by atoms with van der Waals surface area (Å²) in [6, 6.07) is 10.7. The minimum atomic E-state index is -0.970. The van der Waals surface area contributed by atoms with Gasteiger partial charge in [-0.2, -0.15) is 0 Å². The lowest BCUT2D eigenvalue weighted by atomic mass is 9.96. The number of anilines is 2. The Bertz CT molecular complexity index is 930. The van der Waals surface area contributed by atoms with Crippen molar-refractivity contribution in [3.63, 3.8) is 0 Å². The van der Waals surface area contributed by atoms with E-state index in [1.54, 1.807) is 41.8 Å². The summed E-state index contributed by atoms with van der Waals surface area (Å²) < 4.78 is 5.19. The molecule has 2 aliphatic rings. The molecule has 1 aromatic heterocycles. The number of furan rings is 1. The largest absolute Gasteiger partial charge is 0.459 e. The minimum absolute atomic E-state index is 0.0990. The van der Waals surface area contributed by atoms with Gasteiger partial charge < -0.3 is 19.5 Å². The lowest BCUT2D eigenvalue weighted by Crippen LogP contribution is -3.16. The molecule has 1 fully saturated rings. The van der Waals surface area contributed by atoms with E-state index >= 15 is 0 Å². The second-order valence-corrected chi connectivity index (χ2v) is 7.96. The van der Waals surface area contributed by atoms with E-state index in [9.17, 15) is 14.4 Å². The van der Waals surface area contributed by atoms with Crippen molar-refractivity contribution in [1.29, 1.82) is 0 Å². The first-order valence-corrected chi connectivity index (χ1v) is 9.78. The zero-order valence-electron chi connectivity index (χ0n) is 16.6. The Morgan fingerprint density at radius 2 is 1.86 bits per heavy atom. The molecule has 0 bridgehead atoms. The van der Waals surface area contributed by atoms with Crippen LogP contribution < -0.4 is 15.1 Å². The lowest BCUT2D eigenvalue weighted by Gasteiger charge is -2.42. The van der Waals surface area contributed by atoms with Crippen LogP contribution in [0.5, 0.6) is 0 Å². The Kier molecular flexibility index (Phi) is 4.87. The van der Waals surface area contributed by atoms with Crippen LogP contribution in [0.4, 0.5) is 11.4 Å². The number of nitrogens with one attached hydrogen (secondary N) is 2. The van der Waals surface area contributed by atoms with Crippen LogP contribution in [-0.2, 0) is 9.59 Å². The molecular weight excluding hydrogens is 372 g/mol. The predicted molar refractivity (Wildman–Crippen MR) is 107 cm³/mol. The maximum Gasteiger partial charge on any atom is 0.289 e. The fourth-order valence-corrected chi connectivity index (χ4v) is 3.95. The zero-order chi connectivity index (χ0) is 20.6. The highest BCUT2D eigenvalue weighted by molar-refractivity contribution is 6.14. The number of carbonyl (C=O) groups is 3. The van der Waals surface area contributed by atoms with Gasteiger partial charge in [0.15, 0.2) is 12.3 Å². The molecule has 0 radical (unpaired) electrons. The number of rotatable bonds is 3. The summed E-state index contributed by atoms with van der Waals surface area (Å²) in [5.74, 6) is -0.0862. The van der Waals surface area contributed by atoms with Gasteiger partial charge in [0.25, 0.3) is 11.8 Å². The summed E-state index contributed by atoms with van der Waals surface area (Å²) in [6.07, 6.45) is 1.49. The van der Waals surface area contributed by atoms with Crippen molar-refractivity contribution < 1.29 is 23.7 Å². The van der Waals surface area contributed by atoms with E-state index < -0.39 is 5.54 Å². The quantitative estimate of drug-likeness (QED) is 0.784. The molecule has 0 atom stereocenters. The molecule has 29 heavy (non-hydrogen) atoms. The van der Waals surface area contributed by atoms with Gasteiger partial charge in [0.2, 0.25) is 5.91 Å². The van der Waals surface area contributed by atoms with Crippen molar-refractivity contribution in [2.45, 2.75) is 19.4 Å². The van der Waals surface area contributed by atoms with Crippen molar-refractivity contribution in [2.24, 2.45) is 0 Å². The molecule has 0 spiro atoms. The molecular formula is C21H25N4O4+. The standard InChI is InChI=1S/C21H24N4O4/c1-21(2)20(28)22-15-6-3-4-7-16(15)25(21)18(26)14-23-9-11-24(12-10-23)19(27)17-8-5-13-29-17/h3-8,13H,9-12,14H2,1-2H3,(H,22,28)/p+1. The van der Waals surface area contributed by atoms with Crippen LogP contribution in [0.25, 0.3) is 0 Å². The van der Waals surface area contributed by atoms with Gasteiger partial charge >= 0.3 is 0 Å². The van der Waals surface area contributed by atoms with Crippen LogP contribution in [0.1, 0.15) is 24.4 Å². The highest BCUT2D eigenvalue weighted by Gasteiger charge is 2.44. The molecule has 2 aliphatic heterocycles. The number of fused-ring (bicyclic) bond motifs is 1. The number of nitrogens with zero attached hydrogens (tertiary/aromatic N) is 2. The maximum absolute atomic E-state index is 13.2. The fourth-order valence-electron chi connectivity index (χ4n) is 3.95. The number of piperazine rings is 1. The summed E-state index contributed by atoms with van der Waals surface area (Å²) in [7, 11) is 0. The van der Waals surface area contributed by atoms with E-state index in [0.29, 0.717) is 43.3 Å². The molecule has 2 aromatic rings. The number of hydrogen-bond acceptors (Lipinski definition) is 4. The third kappa shape index (κ3) is 3.51. The Balaban J connectivity index is 1.43. The van der Waals surface area contributed by atoms with Crippen LogP contribution in [-0.4, -0.2) is 60.9 Å². The monoisotopic (exact) mass is 397 g/mol. The van der Waals surface area contributed by atoms with Gasteiger partial charge in [-0.05, 0) is 38.1 Å². The average Bonchev–Trinajstić information content (AvgIpc) is 3.23. The van der Waals surface area contributed by atoms with Crippen molar-refractivity contribution in [3.05, 3.63) is 48.4 Å². The van der Waals surface area contributed by atoms with E-state index in [1.807, 2.05) is 18.2 Å². The van der Waals surface area contributed by atoms with Gasteiger partial charge in [0.05, 0.1) is 43.8 Å². The predicted octanol–water partition coefficient (Wildman–Crippen LogP) is 0.384. The third-order valence-corrected chi connectivity index (χ3v) is 5.65. The molecule has 0 saturated carbocycles. The summed E-state index contributed by atoms with van der Waals surface area (Å²) >= 11 is 0. The van der Waals surface area contributed by atoms with Crippen LogP contribution in [0.15, 0.2) is 47.1 Å². The SMILES string of the molecule is CC1(C)C(=O)Nc2ccccc2N1C(=O)C[NH+]1CCN(C(=O)c2ccco2)CC1. The summed E-state index contributed by atoms with van der Waals surface area (Å²) in [6.45, 7) is 6.23. The number of carbonyl (C=O) groups excluding carboxylic acids is 3. The maximum atomic E-state index is 13.2. The number of amides is 3. The molecule has 4 rings (SSSR count). The van der Waals surface area contributed by atoms with E-state index in [-0.39, 0.29) is 24.3 Å².